The van der Waals surface area contributed by atoms with E-state index in [0.717, 1.165) is 39.3 Å². The molecular weight excluding hydrogens is 304 g/mol. The van der Waals surface area contributed by atoms with Crippen molar-refractivity contribution in [2.24, 2.45) is 0 Å². The zero-order valence-electron chi connectivity index (χ0n) is 14.8. The molecule has 5 nitrogen and oxygen atoms in total. The molecule has 1 aromatic carbocycles. The molecule has 0 spiro atoms. The van der Waals surface area contributed by atoms with E-state index in [1.54, 1.807) is 0 Å². The van der Waals surface area contributed by atoms with Gasteiger partial charge in [0, 0.05) is 39.1 Å². The van der Waals surface area contributed by atoms with Gasteiger partial charge in [-0.1, -0.05) is 23.8 Å². The molecule has 1 amide bonds. The molecule has 2 aliphatic rings. The zero-order chi connectivity index (χ0) is 16.9. The molecule has 1 aromatic rings. The minimum Gasteiger partial charge on any atom is -0.378 e. The molecule has 2 fully saturated rings. The maximum atomic E-state index is 12.3. The van der Waals surface area contributed by atoms with E-state index in [1.165, 1.54) is 16.7 Å². The van der Waals surface area contributed by atoms with Crippen LogP contribution in [-0.4, -0.2) is 68.3 Å². The Morgan fingerprint density at radius 3 is 2.71 bits per heavy atom. The van der Waals surface area contributed by atoms with Crippen LogP contribution in [0.1, 0.15) is 29.2 Å². The lowest BCUT2D eigenvalue weighted by Gasteiger charge is -2.34. The Hall–Kier alpha value is -1.43. The number of morpholine rings is 2. The first kappa shape index (κ1) is 17.4. The highest BCUT2D eigenvalue weighted by molar-refractivity contribution is 5.76. The van der Waals surface area contributed by atoms with Crippen molar-refractivity contribution in [1.29, 1.82) is 0 Å². The van der Waals surface area contributed by atoms with Crippen molar-refractivity contribution >= 4 is 5.91 Å². The number of nitrogens with zero attached hydrogens (tertiary/aromatic N) is 2. The number of rotatable bonds is 4. The lowest BCUT2D eigenvalue weighted by atomic mass is 10.00. The molecule has 1 atom stereocenters. The average molecular weight is 332 g/mol. The van der Waals surface area contributed by atoms with Crippen molar-refractivity contribution in [3.05, 3.63) is 34.9 Å². The largest absolute Gasteiger partial charge is 0.378 e. The first-order valence-electron chi connectivity index (χ1n) is 8.90. The third-order valence-electron chi connectivity index (χ3n) is 4.93. The zero-order valence-corrected chi connectivity index (χ0v) is 14.8. The highest BCUT2D eigenvalue weighted by atomic mass is 16.5. The van der Waals surface area contributed by atoms with Gasteiger partial charge in [0.2, 0.25) is 5.91 Å². The second-order valence-corrected chi connectivity index (χ2v) is 6.76. The van der Waals surface area contributed by atoms with Crippen molar-refractivity contribution in [2.75, 3.05) is 52.5 Å². The Morgan fingerprint density at radius 2 is 1.96 bits per heavy atom. The highest BCUT2D eigenvalue weighted by Crippen LogP contribution is 2.25. The molecule has 2 aliphatic heterocycles. The van der Waals surface area contributed by atoms with Gasteiger partial charge in [-0.25, -0.2) is 0 Å². The molecule has 0 saturated carbocycles. The first-order valence-corrected chi connectivity index (χ1v) is 8.90. The van der Waals surface area contributed by atoms with Gasteiger partial charge in [-0.15, -0.1) is 0 Å². The summed E-state index contributed by atoms with van der Waals surface area (Å²) in [4.78, 5) is 16.6. The Balaban J connectivity index is 1.52. The number of ether oxygens (including phenoxy) is 2. The Bertz CT molecular complexity index is 570. The van der Waals surface area contributed by atoms with Gasteiger partial charge in [0.15, 0.2) is 0 Å². The fraction of sp³-hybridized carbons (Fsp3) is 0.632. The quantitative estimate of drug-likeness (QED) is 0.845. The number of hydrogen-bond donors (Lipinski definition) is 0. The minimum atomic E-state index is 0.109. The van der Waals surface area contributed by atoms with Gasteiger partial charge in [0.1, 0.15) is 0 Å². The van der Waals surface area contributed by atoms with Crippen molar-refractivity contribution < 1.29 is 14.3 Å². The monoisotopic (exact) mass is 332 g/mol. The van der Waals surface area contributed by atoms with Crippen LogP contribution in [-0.2, 0) is 14.3 Å². The number of benzene rings is 1. The second-order valence-electron chi connectivity index (χ2n) is 6.76. The SMILES string of the molecule is Cc1ccc([C@H]2CN(CCC(=O)N3CCOCC3)CCO2)c(C)c1. The summed E-state index contributed by atoms with van der Waals surface area (Å²) in [6.07, 6.45) is 0.692. The van der Waals surface area contributed by atoms with Crippen LogP contribution >= 0.6 is 0 Å². The Kier molecular flexibility index (Phi) is 5.87. The van der Waals surface area contributed by atoms with Gasteiger partial charge in [0.25, 0.3) is 0 Å². The third-order valence-corrected chi connectivity index (χ3v) is 4.93. The van der Waals surface area contributed by atoms with Crippen molar-refractivity contribution in [3.8, 4) is 0 Å². The summed E-state index contributed by atoms with van der Waals surface area (Å²) in [5.41, 5.74) is 3.83. The molecule has 2 heterocycles. The molecule has 132 valence electrons. The van der Waals surface area contributed by atoms with E-state index < -0.39 is 0 Å². The fourth-order valence-electron chi connectivity index (χ4n) is 3.51. The van der Waals surface area contributed by atoms with Gasteiger partial charge >= 0.3 is 0 Å². The van der Waals surface area contributed by atoms with Crippen molar-refractivity contribution in [2.45, 2.75) is 26.4 Å². The van der Waals surface area contributed by atoms with E-state index in [4.69, 9.17) is 9.47 Å². The summed E-state index contributed by atoms with van der Waals surface area (Å²) in [5, 5.41) is 0. The number of aryl methyl sites for hydroxylation is 2. The predicted octanol–water partition coefficient (Wildman–Crippen LogP) is 1.93. The van der Waals surface area contributed by atoms with E-state index in [9.17, 15) is 4.79 Å². The van der Waals surface area contributed by atoms with Gasteiger partial charge in [-0.3, -0.25) is 9.69 Å². The maximum Gasteiger partial charge on any atom is 0.224 e. The summed E-state index contributed by atoms with van der Waals surface area (Å²) < 4.78 is 11.3. The Morgan fingerprint density at radius 1 is 1.17 bits per heavy atom. The van der Waals surface area contributed by atoms with Crippen LogP contribution in [0.2, 0.25) is 0 Å². The molecule has 0 aliphatic carbocycles. The smallest absolute Gasteiger partial charge is 0.224 e. The molecular formula is C19H28N2O3. The summed E-state index contributed by atoms with van der Waals surface area (Å²) in [5.74, 6) is 0.243. The lowest BCUT2D eigenvalue weighted by molar-refractivity contribution is -0.136. The predicted molar refractivity (Wildman–Crippen MR) is 93.1 cm³/mol. The molecule has 0 unspecified atom stereocenters. The van der Waals surface area contributed by atoms with E-state index >= 15 is 0 Å². The van der Waals surface area contributed by atoms with E-state index in [-0.39, 0.29) is 12.0 Å². The number of carbonyl (C=O) groups excluding carboxylic acids is 1. The maximum absolute atomic E-state index is 12.3. The molecule has 0 radical (unpaired) electrons. The second kappa shape index (κ2) is 8.10. The van der Waals surface area contributed by atoms with Gasteiger partial charge in [-0.05, 0) is 25.0 Å². The fourth-order valence-corrected chi connectivity index (χ4v) is 3.51. The van der Waals surface area contributed by atoms with E-state index in [1.807, 2.05) is 4.90 Å². The third kappa shape index (κ3) is 4.35. The summed E-state index contributed by atoms with van der Waals surface area (Å²) in [6, 6.07) is 6.53. The van der Waals surface area contributed by atoms with Crippen LogP contribution in [0.5, 0.6) is 0 Å². The summed E-state index contributed by atoms with van der Waals surface area (Å²) in [6.45, 7) is 10.3. The molecule has 0 aromatic heterocycles. The topological polar surface area (TPSA) is 42.0 Å². The van der Waals surface area contributed by atoms with Crippen LogP contribution in [0.4, 0.5) is 0 Å². The average Bonchev–Trinajstić information content (AvgIpc) is 2.60. The van der Waals surface area contributed by atoms with Crippen molar-refractivity contribution in [1.82, 2.24) is 9.80 Å². The number of hydrogen-bond acceptors (Lipinski definition) is 4. The summed E-state index contributed by atoms with van der Waals surface area (Å²) in [7, 11) is 0. The van der Waals surface area contributed by atoms with Gasteiger partial charge in [0.05, 0.1) is 25.9 Å². The molecule has 5 heteroatoms. The van der Waals surface area contributed by atoms with Gasteiger partial charge < -0.3 is 14.4 Å². The highest BCUT2D eigenvalue weighted by Gasteiger charge is 2.24. The molecule has 24 heavy (non-hydrogen) atoms. The minimum absolute atomic E-state index is 0.109. The van der Waals surface area contributed by atoms with E-state index in [0.29, 0.717) is 19.6 Å². The molecule has 2 saturated heterocycles. The lowest BCUT2D eigenvalue weighted by Crippen LogP contribution is -2.44. The van der Waals surface area contributed by atoms with Crippen LogP contribution in [0.25, 0.3) is 0 Å². The number of carbonyl (C=O) groups is 1. The van der Waals surface area contributed by atoms with Crippen LogP contribution in [0.3, 0.4) is 0 Å². The molecule has 3 rings (SSSR count). The van der Waals surface area contributed by atoms with E-state index in [2.05, 4.69) is 36.9 Å². The van der Waals surface area contributed by atoms with Crippen molar-refractivity contribution in [3.63, 3.8) is 0 Å². The van der Waals surface area contributed by atoms with Gasteiger partial charge in [-0.2, -0.15) is 0 Å². The molecule has 0 bridgehead atoms. The Labute approximate surface area is 144 Å². The van der Waals surface area contributed by atoms with Crippen LogP contribution < -0.4 is 0 Å². The standard InChI is InChI=1S/C19H28N2O3/c1-15-3-4-17(16(2)13-15)18-14-20(7-12-24-18)6-5-19(22)21-8-10-23-11-9-21/h3-4,13,18H,5-12,14H2,1-2H3/t18-/m1/s1. The number of amides is 1. The first-order chi connectivity index (χ1) is 11.6. The molecule has 0 N–H and O–H groups in total. The summed E-state index contributed by atoms with van der Waals surface area (Å²) >= 11 is 0. The van der Waals surface area contributed by atoms with Crippen LogP contribution in [0, 0.1) is 13.8 Å². The van der Waals surface area contributed by atoms with Crippen LogP contribution in [0.15, 0.2) is 18.2 Å². The normalized spacial score (nSPS) is 22.6.